The van der Waals surface area contributed by atoms with Crippen molar-refractivity contribution in [1.29, 1.82) is 0 Å². The standard InChI is InChI=1S/C14H13Br2ClN2O/c1-2-20-14-11(15)5-9(6-12(14)16)7-18-10-3-4-13(17)19-8-10/h3-6,8,18H,2,7H2,1H3. The summed E-state index contributed by atoms with van der Waals surface area (Å²) in [6, 6.07) is 7.72. The summed E-state index contributed by atoms with van der Waals surface area (Å²) in [7, 11) is 0. The molecule has 2 rings (SSSR count). The van der Waals surface area contributed by atoms with Gasteiger partial charge in [0, 0.05) is 6.54 Å². The van der Waals surface area contributed by atoms with Gasteiger partial charge >= 0.3 is 0 Å². The van der Waals surface area contributed by atoms with E-state index in [4.69, 9.17) is 16.3 Å². The average molecular weight is 421 g/mol. The second-order valence-electron chi connectivity index (χ2n) is 4.04. The molecule has 3 nitrogen and oxygen atoms in total. The lowest BCUT2D eigenvalue weighted by Crippen LogP contribution is -2.01. The number of pyridine rings is 1. The van der Waals surface area contributed by atoms with E-state index in [1.54, 1.807) is 12.3 Å². The van der Waals surface area contributed by atoms with Gasteiger partial charge in [0.25, 0.3) is 0 Å². The van der Waals surface area contributed by atoms with Crippen LogP contribution < -0.4 is 10.1 Å². The zero-order valence-corrected chi connectivity index (χ0v) is 14.7. The fourth-order valence-electron chi connectivity index (χ4n) is 1.68. The SMILES string of the molecule is CCOc1c(Br)cc(CNc2ccc(Cl)nc2)cc1Br. The highest BCUT2D eigenvalue weighted by Crippen LogP contribution is 2.34. The summed E-state index contributed by atoms with van der Waals surface area (Å²) in [6.07, 6.45) is 1.71. The number of hydrogen-bond donors (Lipinski definition) is 1. The van der Waals surface area contributed by atoms with Crippen molar-refractivity contribution in [2.45, 2.75) is 13.5 Å². The van der Waals surface area contributed by atoms with Crippen molar-refractivity contribution < 1.29 is 4.74 Å². The number of anilines is 1. The summed E-state index contributed by atoms with van der Waals surface area (Å²) in [5.74, 6) is 0.824. The van der Waals surface area contributed by atoms with E-state index in [1.165, 1.54) is 0 Å². The molecule has 1 aromatic heterocycles. The van der Waals surface area contributed by atoms with E-state index in [0.29, 0.717) is 18.3 Å². The number of nitrogens with one attached hydrogen (secondary N) is 1. The Bertz CT molecular complexity index is 567. The summed E-state index contributed by atoms with van der Waals surface area (Å²) < 4.78 is 7.42. The van der Waals surface area contributed by atoms with Crippen LogP contribution in [0.15, 0.2) is 39.4 Å². The van der Waals surface area contributed by atoms with Crippen LogP contribution in [0, 0.1) is 0 Å². The van der Waals surface area contributed by atoms with Crippen LogP contribution in [0.25, 0.3) is 0 Å². The molecule has 0 spiro atoms. The highest BCUT2D eigenvalue weighted by Gasteiger charge is 2.08. The third-order valence-corrected chi connectivity index (χ3v) is 3.97. The highest BCUT2D eigenvalue weighted by molar-refractivity contribution is 9.11. The maximum absolute atomic E-state index is 5.75. The average Bonchev–Trinajstić information content (AvgIpc) is 2.42. The maximum atomic E-state index is 5.75. The molecule has 1 heterocycles. The first-order chi connectivity index (χ1) is 9.60. The molecule has 0 saturated heterocycles. The van der Waals surface area contributed by atoms with Crippen LogP contribution in [0.3, 0.4) is 0 Å². The molecule has 1 aromatic carbocycles. The van der Waals surface area contributed by atoms with Crippen LogP contribution in [0.4, 0.5) is 5.69 Å². The Morgan fingerprint density at radius 1 is 1.25 bits per heavy atom. The van der Waals surface area contributed by atoms with Crippen molar-refractivity contribution in [3.05, 3.63) is 50.1 Å². The first-order valence-corrected chi connectivity index (χ1v) is 8.02. The summed E-state index contributed by atoms with van der Waals surface area (Å²) >= 11 is 12.8. The Balaban J connectivity index is 2.08. The number of halogens is 3. The number of hydrogen-bond acceptors (Lipinski definition) is 3. The lowest BCUT2D eigenvalue weighted by atomic mass is 10.2. The Labute approximate surface area is 140 Å². The Morgan fingerprint density at radius 2 is 1.95 bits per heavy atom. The topological polar surface area (TPSA) is 34.1 Å². The van der Waals surface area contributed by atoms with Gasteiger partial charge in [-0.3, -0.25) is 0 Å². The van der Waals surface area contributed by atoms with Crippen molar-refractivity contribution in [3.63, 3.8) is 0 Å². The third kappa shape index (κ3) is 4.11. The number of rotatable bonds is 5. The van der Waals surface area contributed by atoms with Gasteiger partial charge in [-0.1, -0.05) is 11.6 Å². The van der Waals surface area contributed by atoms with E-state index in [9.17, 15) is 0 Å². The summed E-state index contributed by atoms with van der Waals surface area (Å²) in [4.78, 5) is 4.03. The molecule has 0 amide bonds. The Hall–Kier alpha value is -0.780. The van der Waals surface area contributed by atoms with Gasteiger partial charge in [0.2, 0.25) is 0 Å². The molecule has 0 aliphatic carbocycles. The number of nitrogens with zero attached hydrogens (tertiary/aromatic N) is 1. The first kappa shape index (κ1) is 15.6. The molecular formula is C14H13Br2ClN2O. The van der Waals surface area contributed by atoms with Gasteiger partial charge in [-0.2, -0.15) is 0 Å². The monoisotopic (exact) mass is 418 g/mol. The lowest BCUT2D eigenvalue weighted by Gasteiger charge is -2.12. The van der Waals surface area contributed by atoms with Crippen LogP contribution in [-0.4, -0.2) is 11.6 Å². The molecule has 0 radical (unpaired) electrons. The minimum Gasteiger partial charge on any atom is -0.492 e. The first-order valence-electron chi connectivity index (χ1n) is 6.06. The quantitative estimate of drug-likeness (QED) is 0.669. The fourth-order valence-corrected chi connectivity index (χ4v) is 3.30. The minimum absolute atomic E-state index is 0.488. The lowest BCUT2D eigenvalue weighted by molar-refractivity contribution is 0.336. The molecule has 0 aliphatic rings. The fraction of sp³-hybridized carbons (Fsp3) is 0.214. The maximum Gasteiger partial charge on any atom is 0.147 e. The van der Waals surface area contributed by atoms with E-state index in [1.807, 2.05) is 25.1 Å². The van der Waals surface area contributed by atoms with Crippen LogP contribution in [0.2, 0.25) is 5.15 Å². The van der Waals surface area contributed by atoms with Crippen LogP contribution in [0.5, 0.6) is 5.75 Å². The molecule has 0 unspecified atom stereocenters. The van der Waals surface area contributed by atoms with Gasteiger partial charge in [-0.25, -0.2) is 4.98 Å². The Kier molecular flexibility index (Phi) is 5.69. The van der Waals surface area contributed by atoms with Gasteiger partial charge in [0.05, 0.1) is 27.4 Å². The predicted molar refractivity (Wildman–Crippen MR) is 89.6 cm³/mol. The number of benzene rings is 1. The Morgan fingerprint density at radius 3 is 2.50 bits per heavy atom. The minimum atomic E-state index is 0.488. The van der Waals surface area contributed by atoms with E-state index in [0.717, 1.165) is 25.9 Å². The van der Waals surface area contributed by atoms with Crippen molar-refractivity contribution >= 4 is 49.1 Å². The molecule has 0 aliphatic heterocycles. The molecule has 0 atom stereocenters. The zero-order chi connectivity index (χ0) is 14.5. The van der Waals surface area contributed by atoms with Crippen molar-refractivity contribution in [2.24, 2.45) is 0 Å². The van der Waals surface area contributed by atoms with Crippen LogP contribution in [0.1, 0.15) is 12.5 Å². The number of ether oxygens (including phenoxy) is 1. The van der Waals surface area contributed by atoms with Crippen molar-refractivity contribution in [3.8, 4) is 5.75 Å². The van der Waals surface area contributed by atoms with Crippen LogP contribution in [-0.2, 0) is 6.54 Å². The van der Waals surface area contributed by atoms with Gasteiger partial charge in [0.15, 0.2) is 0 Å². The van der Waals surface area contributed by atoms with E-state index in [-0.39, 0.29) is 0 Å². The van der Waals surface area contributed by atoms with Crippen LogP contribution >= 0.6 is 43.5 Å². The predicted octanol–water partition coefficient (Wildman–Crippen LogP) is 5.27. The highest BCUT2D eigenvalue weighted by atomic mass is 79.9. The molecular weight excluding hydrogens is 407 g/mol. The molecule has 0 bridgehead atoms. The summed E-state index contributed by atoms with van der Waals surface area (Å²) in [5, 5.41) is 3.78. The van der Waals surface area contributed by atoms with Gasteiger partial charge in [0.1, 0.15) is 10.9 Å². The smallest absolute Gasteiger partial charge is 0.147 e. The molecule has 2 aromatic rings. The van der Waals surface area contributed by atoms with Crippen molar-refractivity contribution in [2.75, 3.05) is 11.9 Å². The van der Waals surface area contributed by atoms with E-state index >= 15 is 0 Å². The molecule has 20 heavy (non-hydrogen) atoms. The van der Waals surface area contributed by atoms with Gasteiger partial charge < -0.3 is 10.1 Å². The number of aromatic nitrogens is 1. The molecule has 0 fully saturated rings. The summed E-state index contributed by atoms with van der Waals surface area (Å²) in [5.41, 5.74) is 2.05. The zero-order valence-electron chi connectivity index (χ0n) is 10.8. The van der Waals surface area contributed by atoms with E-state index in [2.05, 4.69) is 42.2 Å². The molecule has 106 valence electrons. The van der Waals surface area contributed by atoms with Gasteiger partial charge in [-0.15, -0.1) is 0 Å². The van der Waals surface area contributed by atoms with E-state index < -0.39 is 0 Å². The second kappa shape index (κ2) is 7.29. The molecule has 6 heteroatoms. The molecule has 0 saturated carbocycles. The van der Waals surface area contributed by atoms with Gasteiger partial charge in [-0.05, 0) is 68.6 Å². The largest absolute Gasteiger partial charge is 0.492 e. The second-order valence-corrected chi connectivity index (χ2v) is 6.14. The normalized spacial score (nSPS) is 10.4. The summed E-state index contributed by atoms with van der Waals surface area (Å²) in [6.45, 7) is 3.28. The van der Waals surface area contributed by atoms with Crippen molar-refractivity contribution in [1.82, 2.24) is 4.98 Å². The molecule has 1 N–H and O–H groups in total. The third-order valence-electron chi connectivity index (χ3n) is 2.57.